The molecule has 17 heavy (non-hydrogen) atoms. The van der Waals surface area contributed by atoms with Gasteiger partial charge in [-0.3, -0.25) is 0 Å². The van der Waals surface area contributed by atoms with Crippen molar-refractivity contribution in [2.24, 2.45) is 0 Å². The Balaban J connectivity index is 2.25. The summed E-state index contributed by atoms with van der Waals surface area (Å²) in [5, 5.41) is 0. The Kier molecular flexibility index (Phi) is 5.64. The molecule has 0 aromatic carbocycles. The highest BCUT2D eigenvalue weighted by atomic mass is 32.2. The van der Waals surface area contributed by atoms with E-state index in [1.807, 2.05) is 23.3 Å². The van der Waals surface area contributed by atoms with Crippen molar-refractivity contribution < 1.29 is 17.5 Å². The normalized spacial score (nSPS) is 11.9. The van der Waals surface area contributed by atoms with E-state index >= 15 is 0 Å². The van der Waals surface area contributed by atoms with Crippen molar-refractivity contribution in [3.63, 3.8) is 0 Å². The monoisotopic (exact) mass is 260 g/mol. The molecule has 0 N–H and O–H groups in total. The summed E-state index contributed by atoms with van der Waals surface area (Å²) in [7, 11) is -4.05. The minimum atomic E-state index is -4.05. The SMILES string of the molecule is CCCCn1cc[n+](CCCCS(=O)(=O)[O-])c1. The van der Waals surface area contributed by atoms with E-state index in [1.54, 1.807) is 0 Å². The molecule has 1 aromatic rings. The van der Waals surface area contributed by atoms with Crippen molar-refractivity contribution in [1.29, 1.82) is 0 Å². The zero-order valence-electron chi connectivity index (χ0n) is 10.2. The van der Waals surface area contributed by atoms with Crippen LogP contribution in [0.5, 0.6) is 0 Å². The molecule has 0 amide bonds. The predicted molar refractivity (Wildman–Crippen MR) is 63.3 cm³/mol. The van der Waals surface area contributed by atoms with Crippen molar-refractivity contribution >= 4 is 10.1 Å². The molecule has 6 heteroatoms. The van der Waals surface area contributed by atoms with Crippen molar-refractivity contribution in [3.05, 3.63) is 18.7 Å². The van der Waals surface area contributed by atoms with Gasteiger partial charge in [-0.15, -0.1) is 0 Å². The number of hydrogen-bond acceptors (Lipinski definition) is 3. The lowest BCUT2D eigenvalue weighted by Gasteiger charge is -2.04. The third-order valence-electron chi connectivity index (χ3n) is 2.58. The number of nitrogens with zero attached hydrogens (tertiary/aromatic N) is 2. The van der Waals surface area contributed by atoms with E-state index in [4.69, 9.17) is 0 Å². The van der Waals surface area contributed by atoms with E-state index in [2.05, 4.69) is 11.5 Å². The zero-order chi connectivity index (χ0) is 12.7. The number of hydrogen-bond donors (Lipinski definition) is 0. The van der Waals surface area contributed by atoms with Crippen LogP contribution < -0.4 is 4.57 Å². The largest absolute Gasteiger partial charge is 0.748 e. The first-order chi connectivity index (χ1) is 8.01. The molecule has 0 spiro atoms. The van der Waals surface area contributed by atoms with E-state index in [-0.39, 0.29) is 5.75 Å². The average Bonchev–Trinajstić information content (AvgIpc) is 2.68. The number of rotatable bonds is 8. The molecule has 0 saturated heterocycles. The Morgan fingerprint density at radius 1 is 1.29 bits per heavy atom. The summed E-state index contributed by atoms with van der Waals surface area (Å²) in [6.45, 7) is 3.92. The van der Waals surface area contributed by atoms with Gasteiger partial charge >= 0.3 is 0 Å². The Morgan fingerprint density at radius 3 is 2.71 bits per heavy atom. The van der Waals surface area contributed by atoms with Crippen LogP contribution in [-0.4, -0.2) is 23.3 Å². The van der Waals surface area contributed by atoms with E-state index in [0.29, 0.717) is 12.8 Å². The van der Waals surface area contributed by atoms with Crippen LogP contribution in [0.1, 0.15) is 32.6 Å². The fraction of sp³-hybridized carbons (Fsp3) is 0.727. The van der Waals surface area contributed by atoms with Gasteiger partial charge in [-0.25, -0.2) is 17.6 Å². The molecule has 1 rings (SSSR count). The minimum Gasteiger partial charge on any atom is -0.748 e. The van der Waals surface area contributed by atoms with E-state index in [9.17, 15) is 13.0 Å². The first-order valence-corrected chi connectivity index (χ1v) is 7.57. The molecule has 0 fully saturated rings. The standard InChI is InChI=1S/C11H20N2O3S/c1-2-3-6-12-8-9-13(11-12)7-4-5-10-17(14,15)16/h8-9,11H,2-7,10H2,1H3. The Hall–Kier alpha value is -0.880. The van der Waals surface area contributed by atoms with Gasteiger partial charge in [-0.2, -0.15) is 0 Å². The summed E-state index contributed by atoms with van der Waals surface area (Å²) in [6, 6.07) is 0. The second-order valence-corrected chi connectivity index (χ2v) is 5.74. The highest BCUT2D eigenvalue weighted by molar-refractivity contribution is 7.85. The summed E-state index contributed by atoms with van der Waals surface area (Å²) in [5.74, 6) is -0.260. The average molecular weight is 260 g/mol. The summed E-state index contributed by atoms with van der Waals surface area (Å²) < 4.78 is 35.3. The van der Waals surface area contributed by atoms with Gasteiger partial charge in [0.05, 0.1) is 23.2 Å². The van der Waals surface area contributed by atoms with Crippen molar-refractivity contribution in [2.45, 2.75) is 45.7 Å². The second kappa shape index (κ2) is 6.76. The van der Waals surface area contributed by atoms with Crippen molar-refractivity contribution in [2.75, 3.05) is 5.75 Å². The first kappa shape index (κ1) is 14.2. The number of aryl methyl sites for hydroxylation is 2. The number of unbranched alkanes of at least 4 members (excludes halogenated alkanes) is 2. The van der Waals surface area contributed by atoms with Gasteiger partial charge in [0, 0.05) is 5.75 Å². The predicted octanol–water partition coefficient (Wildman–Crippen LogP) is 0.901. The Morgan fingerprint density at radius 2 is 2.06 bits per heavy atom. The van der Waals surface area contributed by atoms with E-state index in [1.165, 1.54) is 6.42 Å². The Labute approximate surface area is 103 Å². The third-order valence-corrected chi connectivity index (χ3v) is 3.37. The maximum Gasteiger partial charge on any atom is 0.243 e. The summed E-state index contributed by atoms with van der Waals surface area (Å²) in [5.41, 5.74) is 0. The third kappa shape index (κ3) is 6.43. The fourth-order valence-electron chi connectivity index (χ4n) is 1.62. The lowest BCUT2D eigenvalue weighted by Crippen LogP contribution is -2.31. The van der Waals surface area contributed by atoms with Crippen LogP contribution in [0.15, 0.2) is 18.7 Å². The van der Waals surface area contributed by atoms with Gasteiger partial charge in [0.15, 0.2) is 0 Å². The minimum absolute atomic E-state index is 0.260. The van der Waals surface area contributed by atoms with E-state index in [0.717, 1.165) is 19.5 Å². The van der Waals surface area contributed by atoms with Crippen LogP contribution in [0.25, 0.3) is 0 Å². The van der Waals surface area contributed by atoms with Crippen molar-refractivity contribution in [3.8, 4) is 0 Å². The van der Waals surface area contributed by atoms with Gasteiger partial charge in [0.1, 0.15) is 12.4 Å². The molecule has 1 heterocycles. The maximum absolute atomic E-state index is 10.4. The highest BCUT2D eigenvalue weighted by Gasteiger charge is 2.03. The molecule has 0 aliphatic rings. The smallest absolute Gasteiger partial charge is 0.243 e. The number of imidazole rings is 1. The van der Waals surface area contributed by atoms with Crippen LogP contribution in [0, 0.1) is 0 Å². The molecule has 1 aromatic heterocycles. The second-order valence-electron chi connectivity index (χ2n) is 4.21. The molecule has 0 radical (unpaired) electrons. The topological polar surface area (TPSA) is 66.0 Å². The van der Waals surface area contributed by atoms with Gasteiger partial charge < -0.3 is 4.55 Å². The van der Waals surface area contributed by atoms with Gasteiger partial charge in [0.2, 0.25) is 6.33 Å². The zero-order valence-corrected chi connectivity index (χ0v) is 11.0. The molecule has 0 atom stereocenters. The van der Waals surface area contributed by atoms with Gasteiger partial charge in [0.25, 0.3) is 0 Å². The molecule has 98 valence electrons. The van der Waals surface area contributed by atoms with Crippen LogP contribution in [-0.2, 0) is 23.2 Å². The van der Waals surface area contributed by atoms with Gasteiger partial charge in [-0.05, 0) is 19.3 Å². The Bertz CT molecular complexity index is 426. The molecule has 0 bridgehead atoms. The van der Waals surface area contributed by atoms with Crippen LogP contribution in [0.4, 0.5) is 0 Å². The quantitative estimate of drug-likeness (QED) is 0.396. The van der Waals surface area contributed by atoms with Crippen LogP contribution in [0.2, 0.25) is 0 Å². The fourth-order valence-corrected chi connectivity index (χ4v) is 2.17. The molecular weight excluding hydrogens is 240 g/mol. The summed E-state index contributed by atoms with van der Waals surface area (Å²) >= 11 is 0. The van der Waals surface area contributed by atoms with Crippen LogP contribution in [0.3, 0.4) is 0 Å². The summed E-state index contributed by atoms with van der Waals surface area (Å²) in [6.07, 6.45) is 9.47. The van der Waals surface area contributed by atoms with Crippen LogP contribution >= 0.6 is 0 Å². The molecular formula is C11H20N2O3S. The molecule has 0 saturated carbocycles. The lowest BCUT2D eigenvalue weighted by molar-refractivity contribution is -0.696. The lowest BCUT2D eigenvalue weighted by atomic mass is 10.3. The first-order valence-electron chi connectivity index (χ1n) is 5.99. The number of aromatic nitrogens is 2. The molecule has 5 nitrogen and oxygen atoms in total. The summed E-state index contributed by atoms with van der Waals surface area (Å²) in [4.78, 5) is 0. The molecule has 0 aliphatic carbocycles. The van der Waals surface area contributed by atoms with E-state index < -0.39 is 10.1 Å². The molecule has 0 unspecified atom stereocenters. The molecule has 0 aliphatic heterocycles. The van der Waals surface area contributed by atoms with Gasteiger partial charge in [-0.1, -0.05) is 13.3 Å². The maximum atomic E-state index is 10.4. The van der Waals surface area contributed by atoms with Crippen molar-refractivity contribution in [1.82, 2.24) is 4.57 Å². The highest BCUT2D eigenvalue weighted by Crippen LogP contribution is 1.96.